The molecule has 0 spiro atoms. The van der Waals surface area contributed by atoms with Crippen molar-refractivity contribution in [3.8, 4) is 0 Å². The molecule has 16 heavy (non-hydrogen) atoms. The molecule has 5 heteroatoms. The zero-order valence-electron chi connectivity index (χ0n) is 8.47. The quantitative estimate of drug-likeness (QED) is 0.745. The molecule has 2 rings (SSSR count). The van der Waals surface area contributed by atoms with Crippen LogP contribution >= 0.6 is 11.6 Å². The van der Waals surface area contributed by atoms with Gasteiger partial charge in [-0.25, -0.2) is 0 Å². The summed E-state index contributed by atoms with van der Waals surface area (Å²) in [6.07, 6.45) is -0.664. The summed E-state index contributed by atoms with van der Waals surface area (Å²) in [7, 11) is 0. The summed E-state index contributed by atoms with van der Waals surface area (Å²) in [5.41, 5.74) is -0.0892. The molecule has 0 aliphatic heterocycles. The smallest absolute Gasteiger partial charge is 0.261 e. The minimum atomic E-state index is -4.32. The fourth-order valence-electron chi connectivity index (χ4n) is 1.54. The molecule has 0 aromatic carbocycles. The number of hydrogen-bond donors (Lipinski definition) is 0. The van der Waals surface area contributed by atoms with Crippen molar-refractivity contribution in [2.24, 2.45) is 5.92 Å². The first-order chi connectivity index (χ1) is 7.47. The number of alkyl halides is 4. The maximum atomic E-state index is 12.3. The van der Waals surface area contributed by atoms with Gasteiger partial charge in [0, 0.05) is 23.7 Å². The Morgan fingerprint density at radius 1 is 1.38 bits per heavy atom. The van der Waals surface area contributed by atoms with Gasteiger partial charge in [0.2, 0.25) is 0 Å². The first-order valence-electron chi connectivity index (χ1n) is 5.13. The highest BCUT2D eigenvalue weighted by Gasteiger charge is 2.32. The van der Waals surface area contributed by atoms with Gasteiger partial charge in [-0.15, -0.1) is 11.6 Å². The minimum absolute atomic E-state index is 0.00392. The summed E-state index contributed by atoms with van der Waals surface area (Å²) in [6, 6.07) is 2.46. The van der Waals surface area contributed by atoms with Crippen molar-refractivity contribution in [2.75, 3.05) is 0 Å². The summed E-state index contributed by atoms with van der Waals surface area (Å²) in [4.78, 5) is 3.79. The highest BCUT2D eigenvalue weighted by Crippen LogP contribution is 2.37. The van der Waals surface area contributed by atoms with Crippen LogP contribution in [-0.2, 0) is 12.6 Å². The van der Waals surface area contributed by atoms with E-state index in [9.17, 15) is 13.2 Å². The summed E-state index contributed by atoms with van der Waals surface area (Å²) in [5, 5.41) is 0.00392. The summed E-state index contributed by atoms with van der Waals surface area (Å²) in [6.45, 7) is 0. The molecular formula is C11H11ClF3N. The van der Waals surface area contributed by atoms with Crippen LogP contribution in [0.4, 0.5) is 13.2 Å². The molecule has 1 heterocycles. The molecule has 1 unspecified atom stereocenters. The van der Waals surface area contributed by atoms with Crippen LogP contribution in [0.5, 0.6) is 0 Å². The Labute approximate surface area is 96.6 Å². The van der Waals surface area contributed by atoms with Gasteiger partial charge in [-0.1, -0.05) is 0 Å². The summed E-state index contributed by atoms with van der Waals surface area (Å²) >= 11 is 6.08. The van der Waals surface area contributed by atoms with Crippen LogP contribution in [-0.4, -0.2) is 10.4 Å². The van der Waals surface area contributed by atoms with E-state index < -0.39 is 11.7 Å². The van der Waals surface area contributed by atoms with Crippen molar-refractivity contribution < 1.29 is 13.2 Å². The maximum Gasteiger partial charge on any atom is 0.417 e. The Kier molecular flexibility index (Phi) is 3.10. The lowest BCUT2D eigenvalue weighted by Crippen LogP contribution is -2.09. The molecule has 1 aliphatic rings. The average molecular weight is 250 g/mol. The normalized spacial score (nSPS) is 18.5. The number of aromatic nitrogens is 1. The molecule has 1 atom stereocenters. The summed E-state index contributed by atoms with van der Waals surface area (Å²) in [5.74, 6) is 0.519. The van der Waals surface area contributed by atoms with Crippen LogP contribution in [0.3, 0.4) is 0 Å². The number of hydrogen-bond acceptors (Lipinski definition) is 1. The predicted molar refractivity (Wildman–Crippen MR) is 55.3 cm³/mol. The molecule has 1 nitrogen and oxygen atoms in total. The molecule has 1 fully saturated rings. The minimum Gasteiger partial charge on any atom is -0.261 e. The number of nitrogens with zero attached hydrogens (tertiary/aromatic N) is 1. The Morgan fingerprint density at radius 2 is 2.06 bits per heavy atom. The molecule has 0 bridgehead atoms. The molecule has 88 valence electrons. The van der Waals surface area contributed by atoms with E-state index in [0.29, 0.717) is 18.0 Å². The van der Waals surface area contributed by atoms with E-state index in [-0.39, 0.29) is 5.38 Å². The third-order valence-corrected chi connectivity index (χ3v) is 3.20. The maximum absolute atomic E-state index is 12.3. The molecule has 0 amide bonds. The topological polar surface area (TPSA) is 12.9 Å². The van der Waals surface area contributed by atoms with Gasteiger partial charge >= 0.3 is 6.18 Å². The lowest BCUT2D eigenvalue weighted by atomic mass is 10.1. The van der Waals surface area contributed by atoms with E-state index in [2.05, 4.69) is 4.98 Å². The lowest BCUT2D eigenvalue weighted by Gasteiger charge is -2.09. The zero-order valence-corrected chi connectivity index (χ0v) is 9.22. The van der Waals surface area contributed by atoms with Crippen molar-refractivity contribution in [1.29, 1.82) is 0 Å². The second kappa shape index (κ2) is 4.24. The van der Waals surface area contributed by atoms with E-state index >= 15 is 0 Å². The van der Waals surface area contributed by atoms with Crippen LogP contribution in [0.2, 0.25) is 0 Å². The number of pyridine rings is 1. The molecule has 0 radical (unpaired) electrons. The van der Waals surface area contributed by atoms with Crippen LogP contribution in [0.1, 0.15) is 24.1 Å². The van der Waals surface area contributed by atoms with Gasteiger partial charge in [0.05, 0.1) is 5.56 Å². The van der Waals surface area contributed by atoms with Gasteiger partial charge in [0.25, 0.3) is 0 Å². The second-order valence-corrected chi connectivity index (χ2v) is 4.65. The van der Waals surface area contributed by atoms with Gasteiger partial charge in [-0.2, -0.15) is 13.2 Å². The molecule has 1 aliphatic carbocycles. The van der Waals surface area contributed by atoms with Gasteiger partial charge in [0.15, 0.2) is 0 Å². The van der Waals surface area contributed by atoms with Crippen molar-refractivity contribution in [2.45, 2.75) is 30.8 Å². The largest absolute Gasteiger partial charge is 0.417 e. The van der Waals surface area contributed by atoms with Crippen LogP contribution in [0, 0.1) is 5.92 Å². The number of halogens is 4. The first-order valence-corrected chi connectivity index (χ1v) is 5.56. The Bertz CT molecular complexity index is 356. The molecule has 1 aromatic heterocycles. The van der Waals surface area contributed by atoms with E-state index in [1.54, 1.807) is 0 Å². The highest BCUT2D eigenvalue weighted by atomic mass is 35.5. The van der Waals surface area contributed by atoms with Gasteiger partial charge in [-0.05, 0) is 30.9 Å². The fraction of sp³-hybridized carbons (Fsp3) is 0.545. The molecule has 0 saturated heterocycles. The molecule has 0 N–H and O–H groups in total. The Morgan fingerprint density at radius 3 is 2.50 bits per heavy atom. The Balaban J connectivity index is 2.01. The van der Waals surface area contributed by atoms with E-state index in [1.807, 2.05) is 0 Å². The standard InChI is InChI=1S/C11H11ClF3N/c12-10(7-1-2-7)5-9-4-3-8(6-16-9)11(13,14)15/h3-4,6-7,10H,1-2,5H2. The van der Waals surface area contributed by atoms with Crippen molar-refractivity contribution >= 4 is 11.6 Å². The lowest BCUT2D eigenvalue weighted by molar-refractivity contribution is -0.137. The van der Waals surface area contributed by atoms with E-state index in [0.717, 1.165) is 25.1 Å². The molecule has 1 aromatic rings. The van der Waals surface area contributed by atoms with Gasteiger partial charge in [0.1, 0.15) is 0 Å². The van der Waals surface area contributed by atoms with E-state index in [1.165, 1.54) is 6.07 Å². The third-order valence-electron chi connectivity index (χ3n) is 2.69. The van der Waals surface area contributed by atoms with Crippen molar-refractivity contribution in [3.05, 3.63) is 29.6 Å². The van der Waals surface area contributed by atoms with Crippen molar-refractivity contribution in [1.82, 2.24) is 4.98 Å². The molecular weight excluding hydrogens is 239 g/mol. The first kappa shape index (κ1) is 11.7. The molecule has 1 saturated carbocycles. The second-order valence-electron chi connectivity index (χ2n) is 4.09. The van der Waals surface area contributed by atoms with Gasteiger partial charge < -0.3 is 0 Å². The number of rotatable bonds is 3. The fourth-order valence-corrected chi connectivity index (χ4v) is 1.95. The SMILES string of the molecule is FC(F)(F)c1ccc(CC(Cl)C2CC2)nc1. The van der Waals surface area contributed by atoms with Crippen LogP contribution in [0.15, 0.2) is 18.3 Å². The summed E-state index contributed by atoms with van der Waals surface area (Å²) < 4.78 is 36.8. The monoisotopic (exact) mass is 249 g/mol. The van der Waals surface area contributed by atoms with Crippen molar-refractivity contribution in [3.63, 3.8) is 0 Å². The van der Waals surface area contributed by atoms with Crippen LogP contribution < -0.4 is 0 Å². The van der Waals surface area contributed by atoms with Crippen LogP contribution in [0.25, 0.3) is 0 Å². The van der Waals surface area contributed by atoms with E-state index in [4.69, 9.17) is 11.6 Å². The Hall–Kier alpha value is -0.770. The highest BCUT2D eigenvalue weighted by molar-refractivity contribution is 6.21. The third kappa shape index (κ3) is 2.88. The van der Waals surface area contributed by atoms with Gasteiger partial charge in [-0.3, -0.25) is 4.98 Å². The average Bonchev–Trinajstić information content (AvgIpc) is 3.00. The zero-order chi connectivity index (χ0) is 11.8. The predicted octanol–water partition coefficient (Wildman–Crippen LogP) is 3.66.